The van der Waals surface area contributed by atoms with Crippen molar-refractivity contribution >= 4 is 34.4 Å². The van der Waals surface area contributed by atoms with Gasteiger partial charge >= 0.3 is 6.09 Å². The van der Waals surface area contributed by atoms with E-state index >= 15 is 0 Å². The number of hydrogen-bond donors (Lipinski definition) is 3. The highest BCUT2D eigenvalue weighted by Gasteiger charge is 2.32. The summed E-state index contributed by atoms with van der Waals surface area (Å²) in [4.78, 5) is 40.1. The number of nitrogens with one attached hydrogen (secondary N) is 2. The van der Waals surface area contributed by atoms with E-state index in [1.165, 1.54) is 6.07 Å². The molecule has 3 amide bonds. The fraction of sp³-hybridized carbons (Fsp3) is 0.517. The third-order valence-corrected chi connectivity index (χ3v) is 7.28. The SMILES string of the molecule is CN(CCOc1ccc2c(C(=N)C3CCC(=O)NC3=O)c(O)ccc2c1)C1CCN(C(=O)OC(C)(C)C)CC1. The number of amides is 3. The van der Waals surface area contributed by atoms with Crippen LogP contribution in [-0.2, 0) is 14.3 Å². The van der Waals surface area contributed by atoms with E-state index < -0.39 is 17.4 Å². The minimum atomic E-state index is -0.790. The Labute approximate surface area is 228 Å². The number of benzene rings is 2. The normalized spacial score (nSPS) is 18.8. The van der Waals surface area contributed by atoms with Crippen molar-refractivity contribution in [1.29, 1.82) is 5.41 Å². The van der Waals surface area contributed by atoms with Crippen LogP contribution in [-0.4, -0.2) is 83.5 Å². The molecule has 210 valence electrons. The Morgan fingerprint density at radius 1 is 1.15 bits per heavy atom. The van der Waals surface area contributed by atoms with Crippen LogP contribution in [0.1, 0.15) is 52.0 Å². The molecule has 2 fully saturated rings. The number of likely N-dealkylation sites (tertiary alicyclic amines) is 1. The van der Waals surface area contributed by atoms with E-state index in [0.717, 1.165) is 24.8 Å². The van der Waals surface area contributed by atoms with E-state index in [1.54, 1.807) is 23.1 Å². The zero-order chi connectivity index (χ0) is 28.3. The van der Waals surface area contributed by atoms with Gasteiger partial charge in [0.25, 0.3) is 0 Å². The summed E-state index contributed by atoms with van der Waals surface area (Å²) in [7, 11) is 2.06. The maximum atomic E-state index is 12.3. The predicted octanol–water partition coefficient (Wildman–Crippen LogP) is 3.68. The molecule has 2 aliphatic heterocycles. The molecule has 2 aliphatic rings. The van der Waals surface area contributed by atoms with Gasteiger partial charge < -0.3 is 24.9 Å². The van der Waals surface area contributed by atoms with Gasteiger partial charge in [0, 0.05) is 37.7 Å². The maximum Gasteiger partial charge on any atom is 0.410 e. The predicted molar refractivity (Wildman–Crippen MR) is 147 cm³/mol. The van der Waals surface area contributed by atoms with Gasteiger partial charge in [-0.05, 0) is 82.1 Å². The molecule has 1 atom stereocenters. The van der Waals surface area contributed by atoms with E-state index in [4.69, 9.17) is 14.9 Å². The summed E-state index contributed by atoms with van der Waals surface area (Å²) in [5, 5.41) is 22.9. The van der Waals surface area contributed by atoms with E-state index in [9.17, 15) is 19.5 Å². The second kappa shape index (κ2) is 11.6. The summed E-state index contributed by atoms with van der Waals surface area (Å²) in [6, 6.07) is 9.06. The van der Waals surface area contributed by atoms with Crippen LogP contribution in [0.3, 0.4) is 0 Å². The van der Waals surface area contributed by atoms with Crippen molar-refractivity contribution in [2.45, 2.75) is 58.1 Å². The lowest BCUT2D eigenvalue weighted by atomic mass is 9.86. The van der Waals surface area contributed by atoms with Crippen LogP contribution >= 0.6 is 0 Å². The molecule has 0 radical (unpaired) electrons. The summed E-state index contributed by atoms with van der Waals surface area (Å²) in [6.07, 6.45) is 1.90. The van der Waals surface area contributed by atoms with Gasteiger partial charge in [-0.15, -0.1) is 0 Å². The van der Waals surface area contributed by atoms with Gasteiger partial charge in [-0.1, -0.05) is 6.07 Å². The van der Waals surface area contributed by atoms with Crippen molar-refractivity contribution in [3.05, 3.63) is 35.9 Å². The fourth-order valence-electron chi connectivity index (χ4n) is 5.12. The molecule has 39 heavy (non-hydrogen) atoms. The van der Waals surface area contributed by atoms with Crippen LogP contribution < -0.4 is 10.1 Å². The highest BCUT2D eigenvalue weighted by atomic mass is 16.6. The number of carbonyl (C=O) groups is 3. The molecule has 3 N–H and O–H groups in total. The Kier molecular flexibility index (Phi) is 8.44. The van der Waals surface area contributed by atoms with Crippen LogP contribution in [0.2, 0.25) is 0 Å². The Morgan fingerprint density at radius 2 is 1.87 bits per heavy atom. The molecule has 2 aromatic carbocycles. The summed E-state index contributed by atoms with van der Waals surface area (Å²) in [5.41, 5.74) is -0.204. The molecule has 2 heterocycles. The lowest BCUT2D eigenvalue weighted by Gasteiger charge is -2.37. The Bertz CT molecular complexity index is 1260. The quantitative estimate of drug-likeness (QED) is 0.362. The molecule has 0 aliphatic carbocycles. The lowest BCUT2D eigenvalue weighted by Crippen LogP contribution is -2.47. The maximum absolute atomic E-state index is 12.3. The molecular weight excluding hydrogens is 500 g/mol. The van der Waals surface area contributed by atoms with Gasteiger partial charge in [0.1, 0.15) is 23.7 Å². The van der Waals surface area contributed by atoms with Crippen molar-refractivity contribution in [1.82, 2.24) is 15.1 Å². The van der Waals surface area contributed by atoms with Crippen LogP contribution in [0.5, 0.6) is 11.5 Å². The molecule has 10 nitrogen and oxygen atoms in total. The number of rotatable bonds is 7. The van der Waals surface area contributed by atoms with Gasteiger partial charge in [-0.2, -0.15) is 0 Å². The average Bonchev–Trinajstić information content (AvgIpc) is 2.87. The van der Waals surface area contributed by atoms with Crippen LogP contribution in [0.15, 0.2) is 30.3 Å². The van der Waals surface area contributed by atoms with Crippen molar-refractivity contribution in [3.8, 4) is 11.5 Å². The third kappa shape index (κ3) is 6.86. The van der Waals surface area contributed by atoms with Gasteiger partial charge in [-0.25, -0.2) is 4.79 Å². The fourth-order valence-corrected chi connectivity index (χ4v) is 5.12. The lowest BCUT2D eigenvalue weighted by molar-refractivity contribution is -0.134. The Hall–Kier alpha value is -3.66. The second-order valence-electron chi connectivity index (χ2n) is 11.3. The van der Waals surface area contributed by atoms with Gasteiger partial charge in [-0.3, -0.25) is 19.8 Å². The number of carbonyl (C=O) groups excluding carboxylic acids is 3. The molecule has 0 saturated carbocycles. The molecule has 0 bridgehead atoms. The molecule has 1 unspecified atom stereocenters. The highest BCUT2D eigenvalue weighted by Crippen LogP contribution is 2.33. The monoisotopic (exact) mass is 538 g/mol. The number of imide groups is 1. The van der Waals surface area contributed by atoms with Crippen molar-refractivity contribution in [3.63, 3.8) is 0 Å². The molecular formula is C29H38N4O6. The third-order valence-electron chi connectivity index (χ3n) is 7.28. The number of phenolic OH excluding ortho intramolecular Hbond substituents is 1. The summed E-state index contributed by atoms with van der Waals surface area (Å²) in [5.74, 6) is -1.05. The number of aromatic hydroxyl groups is 1. The van der Waals surface area contributed by atoms with E-state index in [1.807, 2.05) is 26.8 Å². The number of phenols is 1. The zero-order valence-corrected chi connectivity index (χ0v) is 23.1. The first-order valence-electron chi connectivity index (χ1n) is 13.4. The van der Waals surface area contributed by atoms with E-state index in [-0.39, 0.29) is 36.3 Å². The molecule has 2 aromatic rings. The number of fused-ring (bicyclic) bond motifs is 1. The van der Waals surface area contributed by atoms with Crippen LogP contribution in [0.25, 0.3) is 10.8 Å². The molecule has 10 heteroatoms. The minimum absolute atomic E-state index is 0.00360. The average molecular weight is 539 g/mol. The summed E-state index contributed by atoms with van der Waals surface area (Å²) in [6.45, 7) is 8.14. The number of nitrogens with zero attached hydrogens (tertiary/aromatic N) is 2. The minimum Gasteiger partial charge on any atom is -0.507 e. The molecule has 2 saturated heterocycles. The number of piperidine rings is 2. The topological polar surface area (TPSA) is 132 Å². The second-order valence-corrected chi connectivity index (χ2v) is 11.3. The van der Waals surface area contributed by atoms with E-state index in [2.05, 4.69) is 17.3 Å². The number of hydrogen-bond acceptors (Lipinski definition) is 8. The molecule has 4 rings (SSSR count). The summed E-state index contributed by atoms with van der Waals surface area (Å²) < 4.78 is 11.5. The Balaban J connectivity index is 1.33. The van der Waals surface area contributed by atoms with E-state index in [0.29, 0.717) is 42.4 Å². The first kappa shape index (κ1) is 28.4. The smallest absolute Gasteiger partial charge is 0.410 e. The van der Waals surface area contributed by atoms with Crippen LogP contribution in [0.4, 0.5) is 4.79 Å². The molecule has 0 spiro atoms. The number of ether oxygens (including phenoxy) is 2. The number of likely N-dealkylation sites (N-methyl/N-ethyl adjacent to an activating group) is 1. The van der Waals surface area contributed by atoms with Gasteiger partial charge in [0.05, 0.1) is 11.6 Å². The zero-order valence-electron chi connectivity index (χ0n) is 23.1. The van der Waals surface area contributed by atoms with Crippen LogP contribution in [0, 0.1) is 11.3 Å². The largest absolute Gasteiger partial charge is 0.507 e. The molecule has 0 aromatic heterocycles. The highest BCUT2D eigenvalue weighted by molar-refractivity contribution is 6.21. The van der Waals surface area contributed by atoms with Crippen molar-refractivity contribution in [2.75, 3.05) is 33.3 Å². The van der Waals surface area contributed by atoms with Crippen molar-refractivity contribution < 1.29 is 29.0 Å². The summed E-state index contributed by atoms with van der Waals surface area (Å²) >= 11 is 0. The standard InChI is InChI=1S/C29H38N4O6/c1-29(2,3)39-28(37)33-13-11-19(12-14-33)32(4)15-16-38-20-6-7-21-18(17-20)5-9-23(34)25(21)26(30)22-8-10-24(35)31-27(22)36/h5-7,9,17,19,22,30,34H,8,10-16H2,1-4H3,(H,31,35,36). The first-order valence-corrected chi connectivity index (χ1v) is 13.4. The van der Waals surface area contributed by atoms with Gasteiger partial charge in [0.2, 0.25) is 11.8 Å². The first-order chi connectivity index (χ1) is 18.4. The van der Waals surface area contributed by atoms with Gasteiger partial charge in [0.15, 0.2) is 0 Å². The Morgan fingerprint density at radius 3 is 2.54 bits per heavy atom. The van der Waals surface area contributed by atoms with Crippen molar-refractivity contribution in [2.24, 2.45) is 5.92 Å².